The van der Waals surface area contributed by atoms with Crippen molar-refractivity contribution >= 4 is 17.5 Å². The molecule has 3 atom stereocenters. The predicted molar refractivity (Wildman–Crippen MR) is 59.8 cm³/mol. The Hall–Kier alpha value is -0.450. The zero-order valence-electron chi connectivity index (χ0n) is 9.69. The average molecular weight is 272 g/mol. The van der Waals surface area contributed by atoms with Crippen LogP contribution in [0.4, 0.5) is 13.2 Å². The highest BCUT2D eigenvalue weighted by molar-refractivity contribution is 6.18. The number of amides is 1. The van der Waals surface area contributed by atoms with E-state index < -0.39 is 23.9 Å². The van der Waals surface area contributed by atoms with Gasteiger partial charge in [-0.15, -0.1) is 11.6 Å². The van der Waals surface area contributed by atoms with Crippen LogP contribution in [-0.4, -0.2) is 24.0 Å². The molecule has 100 valence electrons. The summed E-state index contributed by atoms with van der Waals surface area (Å²) in [6, 6.07) is -0.292. The van der Waals surface area contributed by atoms with Crippen LogP contribution in [-0.2, 0) is 4.79 Å². The van der Waals surface area contributed by atoms with Gasteiger partial charge in [-0.2, -0.15) is 13.2 Å². The Kier molecular flexibility index (Phi) is 5.10. The molecule has 0 aromatic rings. The average Bonchev–Trinajstić information content (AvgIpc) is 2.27. The molecule has 1 aliphatic carbocycles. The molecule has 2 nitrogen and oxygen atoms in total. The number of halogens is 4. The van der Waals surface area contributed by atoms with Crippen LogP contribution < -0.4 is 5.32 Å². The maximum absolute atomic E-state index is 12.8. The van der Waals surface area contributed by atoms with E-state index in [4.69, 9.17) is 11.6 Å². The lowest BCUT2D eigenvalue weighted by atomic mass is 9.78. The van der Waals surface area contributed by atoms with Crippen LogP contribution in [0.3, 0.4) is 0 Å². The van der Waals surface area contributed by atoms with E-state index in [9.17, 15) is 18.0 Å². The molecule has 1 rings (SSSR count). The maximum Gasteiger partial charge on any atom is 0.392 e. The predicted octanol–water partition coefficient (Wildman–Crippen LogP) is 3.10. The molecule has 0 bridgehead atoms. The largest absolute Gasteiger partial charge is 0.392 e. The lowest BCUT2D eigenvalue weighted by molar-refractivity contribution is -0.198. The first-order valence-electron chi connectivity index (χ1n) is 5.79. The summed E-state index contributed by atoms with van der Waals surface area (Å²) in [7, 11) is 0. The van der Waals surface area contributed by atoms with E-state index in [0.29, 0.717) is 19.3 Å². The smallest absolute Gasteiger partial charge is 0.352 e. The van der Waals surface area contributed by atoms with Gasteiger partial charge in [0, 0.05) is 17.8 Å². The van der Waals surface area contributed by atoms with E-state index in [1.807, 2.05) is 0 Å². The zero-order chi connectivity index (χ0) is 13.1. The number of hydrogen-bond acceptors (Lipinski definition) is 1. The lowest BCUT2D eigenvalue weighted by Gasteiger charge is -2.32. The third-order valence-electron chi connectivity index (χ3n) is 3.14. The number of alkyl halides is 4. The third kappa shape index (κ3) is 4.05. The van der Waals surface area contributed by atoms with Crippen molar-refractivity contribution in [2.75, 3.05) is 5.88 Å². The summed E-state index contributed by atoms with van der Waals surface area (Å²) in [4.78, 5) is 11.8. The van der Waals surface area contributed by atoms with Crippen molar-refractivity contribution < 1.29 is 18.0 Å². The van der Waals surface area contributed by atoms with Crippen LogP contribution in [0.25, 0.3) is 0 Å². The number of carbonyl (C=O) groups is 1. The molecule has 1 amide bonds. The fourth-order valence-electron chi connectivity index (χ4n) is 2.22. The number of nitrogens with one attached hydrogen (secondary N) is 1. The number of rotatable bonds is 3. The standard InChI is InChI=1S/C11H17ClF3NO/c1-7(6-12)16-10(17)8-4-2-3-5-9(8)11(13,14)15/h7-9H,2-6H2,1H3,(H,16,17). The highest BCUT2D eigenvalue weighted by Crippen LogP contribution is 2.41. The second-order valence-corrected chi connectivity index (χ2v) is 4.91. The Morgan fingerprint density at radius 2 is 2.00 bits per heavy atom. The summed E-state index contributed by atoms with van der Waals surface area (Å²) in [6.07, 6.45) is -2.70. The Morgan fingerprint density at radius 3 is 2.53 bits per heavy atom. The van der Waals surface area contributed by atoms with Crippen molar-refractivity contribution in [2.24, 2.45) is 11.8 Å². The van der Waals surface area contributed by atoms with Crippen molar-refractivity contribution in [3.05, 3.63) is 0 Å². The molecule has 1 aliphatic rings. The van der Waals surface area contributed by atoms with E-state index in [1.165, 1.54) is 0 Å². The van der Waals surface area contributed by atoms with Gasteiger partial charge in [-0.25, -0.2) is 0 Å². The Balaban J connectivity index is 2.68. The van der Waals surface area contributed by atoms with Crippen LogP contribution in [0.1, 0.15) is 32.6 Å². The molecule has 0 aliphatic heterocycles. The summed E-state index contributed by atoms with van der Waals surface area (Å²) < 4.78 is 38.3. The van der Waals surface area contributed by atoms with Crippen LogP contribution in [0.5, 0.6) is 0 Å². The summed E-state index contributed by atoms with van der Waals surface area (Å²) >= 11 is 5.52. The van der Waals surface area contributed by atoms with Gasteiger partial charge in [-0.1, -0.05) is 12.8 Å². The molecule has 0 aromatic heterocycles. The summed E-state index contributed by atoms with van der Waals surface area (Å²) in [5.41, 5.74) is 0. The van der Waals surface area contributed by atoms with Crippen LogP contribution >= 0.6 is 11.6 Å². The van der Waals surface area contributed by atoms with Gasteiger partial charge in [0.25, 0.3) is 0 Å². The molecular formula is C11H17ClF3NO. The van der Waals surface area contributed by atoms with Crippen LogP contribution in [0, 0.1) is 11.8 Å². The molecule has 1 N–H and O–H groups in total. The van der Waals surface area contributed by atoms with Gasteiger partial charge in [0.15, 0.2) is 0 Å². The third-order valence-corrected chi connectivity index (χ3v) is 3.61. The first-order valence-corrected chi connectivity index (χ1v) is 6.32. The van der Waals surface area contributed by atoms with Crippen molar-refractivity contribution in [3.8, 4) is 0 Å². The lowest BCUT2D eigenvalue weighted by Crippen LogP contribution is -2.45. The van der Waals surface area contributed by atoms with E-state index in [0.717, 1.165) is 0 Å². The molecule has 0 radical (unpaired) electrons. The minimum absolute atomic E-state index is 0.0524. The molecule has 0 saturated heterocycles. The molecule has 17 heavy (non-hydrogen) atoms. The molecule has 0 aromatic carbocycles. The number of carbonyl (C=O) groups excluding carboxylic acids is 1. The van der Waals surface area contributed by atoms with E-state index in [-0.39, 0.29) is 18.3 Å². The normalized spacial score (nSPS) is 27.6. The quantitative estimate of drug-likeness (QED) is 0.785. The van der Waals surface area contributed by atoms with Gasteiger partial charge in [0.2, 0.25) is 5.91 Å². The summed E-state index contributed by atoms with van der Waals surface area (Å²) in [6.45, 7) is 1.68. The first-order chi connectivity index (χ1) is 7.86. The minimum Gasteiger partial charge on any atom is -0.352 e. The van der Waals surface area contributed by atoms with Crippen molar-refractivity contribution in [3.63, 3.8) is 0 Å². The number of hydrogen-bond donors (Lipinski definition) is 1. The SMILES string of the molecule is CC(CCl)NC(=O)C1CCCCC1C(F)(F)F. The van der Waals surface area contributed by atoms with E-state index in [1.54, 1.807) is 6.92 Å². The Morgan fingerprint density at radius 1 is 1.41 bits per heavy atom. The van der Waals surface area contributed by atoms with Gasteiger partial charge in [0.05, 0.1) is 5.92 Å². The van der Waals surface area contributed by atoms with E-state index >= 15 is 0 Å². The Labute approximate surface area is 104 Å². The van der Waals surface area contributed by atoms with Gasteiger partial charge < -0.3 is 5.32 Å². The highest BCUT2D eigenvalue weighted by Gasteiger charge is 2.48. The highest BCUT2D eigenvalue weighted by atomic mass is 35.5. The molecule has 1 fully saturated rings. The summed E-state index contributed by atoms with van der Waals surface area (Å²) in [5.74, 6) is -2.76. The topological polar surface area (TPSA) is 29.1 Å². The molecule has 1 saturated carbocycles. The first kappa shape index (κ1) is 14.6. The van der Waals surface area contributed by atoms with Gasteiger partial charge in [-0.05, 0) is 19.8 Å². The maximum atomic E-state index is 12.8. The monoisotopic (exact) mass is 271 g/mol. The molecular weight excluding hydrogens is 255 g/mol. The molecule has 3 unspecified atom stereocenters. The summed E-state index contributed by atoms with van der Waals surface area (Å²) in [5, 5.41) is 2.53. The van der Waals surface area contributed by atoms with Gasteiger partial charge in [0.1, 0.15) is 0 Å². The molecule has 0 spiro atoms. The van der Waals surface area contributed by atoms with Crippen LogP contribution in [0.15, 0.2) is 0 Å². The van der Waals surface area contributed by atoms with Crippen molar-refractivity contribution in [1.82, 2.24) is 5.32 Å². The molecule has 6 heteroatoms. The fourth-order valence-corrected chi connectivity index (χ4v) is 2.30. The van der Waals surface area contributed by atoms with Gasteiger partial charge >= 0.3 is 6.18 Å². The van der Waals surface area contributed by atoms with Crippen LogP contribution in [0.2, 0.25) is 0 Å². The Bertz CT molecular complexity index is 270. The van der Waals surface area contributed by atoms with Crippen molar-refractivity contribution in [1.29, 1.82) is 0 Å². The zero-order valence-corrected chi connectivity index (χ0v) is 10.4. The van der Waals surface area contributed by atoms with Crippen molar-refractivity contribution in [2.45, 2.75) is 44.8 Å². The minimum atomic E-state index is -4.29. The fraction of sp³-hybridized carbons (Fsp3) is 0.909. The molecule has 0 heterocycles. The van der Waals surface area contributed by atoms with Gasteiger partial charge in [-0.3, -0.25) is 4.79 Å². The second kappa shape index (κ2) is 5.94. The van der Waals surface area contributed by atoms with E-state index in [2.05, 4.69) is 5.32 Å². The second-order valence-electron chi connectivity index (χ2n) is 4.60.